The number of hydrogen-bond acceptors (Lipinski definition) is 0. The Labute approximate surface area is 150 Å². The van der Waals surface area contributed by atoms with Crippen molar-refractivity contribution in [1.82, 2.24) is 0 Å². The van der Waals surface area contributed by atoms with E-state index < -0.39 is 0 Å². The largest absolute Gasteiger partial charge is 0.322 e. The van der Waals surface area contributed by atoms with E-state index in [0.717, 1.165) is 26.2 Å². The molecule has 1 fully saturated rings. The van der Waals surface area contributed by atoms with Crippen LogP contribution in [-0.2, 0) is 13.1 Å². The molecule has 0 amide bonds. The van der Waals surface area contributed by atoms with Gasteiger partial charge in [-0.1, -0.05) is 35.3 Å². The van der Waals surface area contributed by atoms with Crippen LogP contribution < -0.4 is 9.80 Å². The molecule has 1 heterocycles. The van der Waals surface area contributed by atoms with Crippen LogP contribution >= 0.6 is 23.2 Å². The number of nitrogens with one attached hydrogen (secondary N) is 2. The summed E-state index contributed by atoms with van der Waals surface area (Å²) in [4.78, 5) is 2.59. The van der Waals surface area contributed by atoms with E-state index in [2.05, 4.69) is 0 Å². The van der Waals surface area contributed by atoms with Crippen molar-refractivity contribution in [3.8, 4) is 0 Å². The topological polar surface area (TPSA) is 8.88 Å². The summed E-state index contributed by atoms with van der Waals surface area (Å²) in [5.74, 6) is -0.495. The minimum atomic E-state index is -0.247. The van der Waals surface area contributed by atoms with Crippen molar-refractivity contribution >= 4 is 23.2 Å². The maximum Gasteiger partial charge on any atom is 0.133 e. The number of rotatable bonds is 4. The van der Waals surface area contributed by atoms with E-state index in [1.165, 1.54) is 21.9 Å². The third-order valence-electron chi connectivity index (χ3n) is 4.64. The molecule has 0 saturated carbocycles. The van der Waals surface area contributed by atoms with Crippen LogP contribution in [0.25, 0.3) is 0 Å². The van der Waals surface area contributed by atoms with Gasteiger partial charge in [0.2, 0.25) is 0 Å². The normalized spacial score (nSPS) is 21.0. The molecule has 2 nitrogen and oxygen atoms in total. The van der Waals surface area contributed by atoms with Crippen LogP contribution in [0.1, 0.15) is 11.1 Å². The highest BCUT2D eigenvalue weighted by Gasteiger charge is 2.26. The predicted molar refractivity (Wildman–Crippen MR) is 91.6 cm³/mol. The third-order valence-corrected chi connectivity index (χ3v) is 5.35. The Kier molecular flexibility index (Phi) is 5.72. The Morgan fingerprint density at radius 2 is 1.08 bits per heavy atom. The van der Waals surface area contributed by atoms with Crippen molar-refractivity contribution in [1.29, 1.82) is 0 Å². The highest BCUT2D eigenvalue weighted by atomic mass is 35.5. The summed E-state index contributed by atoms with van der Waals surface area (Å²) < 4.78 is 27.8. The molecule has 2 aromatic rings. The van der Waals surface area contributed by atoms with Gasteiger partial charge in [-0.25, -0.2) is 8.78 Å². The van der Waals surface area contributed by atoms with E-state index in [-0.39, 0.29) is 11.6 Å². The van der Waals surface area contributed by atoms with Crippen molar-refractivity contribution in [2.45, 2.75) is 13.1 Å². The van der Waals surface area contributed by atoms with Crippen LogP contribution in [-0.4, -0.2) is 26.2 Å². The average molecular weight is 373 g/mol. The van der Waals surface area contributed by atoms with Crippen LogP contribution in [0, 0.1) is 11.6 Å². The second kappa shape index (κ2) is 7.79. The molecule has 6 heteroatoms. The fourth-order valence-corrected chi connectivity index (χ4v) is 3.67. The van der Waals surface area contributed by atoms with E-state index in [9.17, 15) is 8.78 Å². The van der Waals surface area contributed by atoms with Crippen molar-refractivity contribution in [3.05, 3.63) is 69.2 Å². The molecule has 128 valence electrons. The lowest BCUT2D eigenvalue weighted by Gasteiger charge is -2.30. The van der Waals surface area contributed by atoms with Crippen LogP contribution in [0.5, 0.6) is 0 Å². The molecule has 2 aromatic carbocycles. The zero-order valence-corrected chi connectivity index (χ0v) is 14.7. The monoisotopic (exact) mass is 372 g/mol. The summed E-state index contributed by atoms with van der Waals surface area (Å²) in [6.45, 7) is 4.74. The Balaban J connectivity index is 1.58. The molecule has 1 aliphatic heterocycles. The Morgan fingerprint density at radius 3 is 1.42 bits per heavy atom. The number of piperazine rings is 1. The Hall–Kier alpha value is -1.20. The molecular weight excluding hydrogens is 353 g/mol. The minimum absolute atomic E-state index is 0.247. The molecule has 3 rings (SSSR count). The molecule has 0 atom stereocenters. The summed E-state index contributed by atoms with van der Waals surface area (Å²) in [7, 11) is 0. The maximum absolute atomic E-state index is 13.9. The smallest absolute Gasteiger partial charge is 0.133 e. The van der Waals surface area contributed by atoms with Gasteiger partial charge in [-0.2, -0.15) is 0 Å². The average Bonchev–Trinajstić information content (AvgIpc) is 2.56. The van der Waals surface area contributed by atoms with E-state index in [1.54, 1.807) is 24.3 Å². The second-order valence-corrected chi connectivity index (χ2v) is 7.07. The van der Waals surface area contributed by atoms with Gasteiger partial charge in [0, 0.05) is 0 Å². The number of quaternary nitrogens is 2. The minimum Gasteiger partial charge on any atom is -0.322 e. The first-order valence-corrected chi connectivity index (χ1v) is 8.83. The molecule has 1 saturated heterocycles. The van der Waals surface area contributed by atoms with Gasteiger partial charge in [0.05, 0.1) is 21.2 Å². The lowest BCUT2D eigenvalue weighted by atomic mass is 10.1. The van der Waals surface area contributed by atoms with Gasteiger partial charge in [0.15, 0.2) is 0 Å². The first-order chi connectivity index (χ1) is 11.5. The van der Waals surface area contributed by atoms with Gasteiger partial charge in [0.25, 0.3) is 0 Å². The first kappa shape index (κ1) is 17.6. The molecular formula is C18H20Cl2F2N2+2. The van der Waals surface area contributed by atoms with Gasteiger partial charge in [0.1, 0.15) is 50.9 Å². The van der Waals surface area contributed by atoms with E-state index >= 15 is 0 Å². The van der Waals surface area contributed by atoms with Gasteiger partial charge >= 0.3 is 0 Å². The maximum atomic E-state index is 13.9. The molecule has 24 heavy (non-hydrogen) atoms. The highest BCUT2D eigenvalue weighted by molar-refractivity contribution is 6.31. The van der Waals surface area contributed by atoms with Crippen molar-refractivity contribution < 1.29 is 18.6 Å². The van der Waals surface area contributed by atoms with Gasteiger partial charge < -0.3 is 9.80 Å². The second-order valence-electron chi connectivity index (χ2n) is 6.25. The number of halogens is 4. The molecule has 2 N–H and O–H groups in total. The SMILES string of the molecule is Fc1cccc(Cl)c1C[NH+]1CC[NH+](Cc2c(F)cccc2Cl)CC1. The van der Waals surface area contributed by atoms with Crippen molar-refractivity contribution in [2.24, 2.45) is 0 Å². The molecule has 0 spiro atoms. The fraction of sp³-hybridized carbons (Fsp3) is 0.333. The van der Waals surface area contributed by atoms with E-state index in [4.69, 9.17) is 23.2 Å². The molecule has 0 aliphatic carbocycles. The highest BCUT2D eigenvalue weighted by Crippen LogP contribution is 2.18. The Bertz CT molecular complexity index is 614. The van der Waals surface area contributed by atoms with Gasteiger partial charge in [-0.15, -0.1) is 0 Å². The van der Waals surface area contributed by atoms with E-state index in [1.807, 2.05) is 0 Å². The molecule has 0 aromatic heterocycles. The predicted octanol–water partition coefficient (Wildman–Crippen LogP) is 1.76. The van der Waals surface area contributed by atoms with Crippen LogP contribution in [0.2, 0.25) is 10.0 Å². The lowest BCUT2D eigenvalue weighted by Crippen LogP contribution is -3.27. The quantitative estimate of drug-likeness (QED) is 0.808. The third kappa shape index (κ3) is 4.06. The van der Waals surface area contributed by atoms with Crippen LogP contribution in [0.15, 0.2) is 36.4 Å². The fourth-order valence-electron chi connectivity index (χ4n) is 3.21. The summed E-state index contributed by atoms with van der Waals surface area (Å²) >= 11 is 12.2. The molecule has 1 aliphatic rings. The van der Waals surface area contributed by atoms with Gasteiger partial charge in [-0.3, -0.25) is 0 Å². The summed E-state index contributed by atoms with van der Waals surface area (Å²) in [6.07, 6.45) is 0. The Morgan fingerprint density at radius 1 is 0.708 bits per heavy atom. The first-order valence-electron chi connectivity index (χ1n) is 8.07. The van der Waals surface area contributed by atoms with Crippen LogP contribution in [0.3, 0.4) is 0 Å². The molecule has 0 bridgehead atoms. The number of benzene rings is 2. The summed E-state index contributed by atoms with van der Waals surface area (Å²) in [5, 5.41) is 0.964. The molecule has 0 radical (unpaired) electrons. The lowest BCUT2D eigenvalue weighted by molar-refractivity contribution is -1.02. The van der Waals surface area contributed by atoms with E-state index in [0.29, 0.717) is 34.3 Å². The number of hydrogen-bond donors (Lipinski definition) is 2. The summed E-state index contributed by atoms with van der Waals surface area (Å²) in [5.41, 5.74) is 1.16. The zero-order valence-electron chi connectivity index (χ0n) is 13.2. The summed E-state index contributed by atoms with van der Waals surface area (Å²) in [6, 6.07) is 9.58. The van der Waals surface area contributed by atoms with Crippen LogP contribution in [0.4, 0.5) is 8.78 Å². The molecule has 0 unspecified atom stereocenters. The van der Waals surface area contributed by atoms with Crippen molar-refractivity contribution in [2.75, 3.05) is 26.2 Å². The standard InChI is InChI=1S/C18H18Cl2F2N2/c19-15-3-1-5-17(21)13(15)11-23-7-9-24(10-8-23)12-14-16(20)4-2-6-18(14)22/h1-6H,7-12H2/p+2. The van der Waals surface area contributed by atoms with Gasteiger partial charge in [-0.05, 0) is 24.3 Å². The zero-order chi connectivity index (χ0) is 17.1. The van der Waals surface area contributed by atoms with Crippen molar-refractivity contribution in [3.63, 3.8) is 0 Å².